The van der Waals surface area contributed by atoms with Gasteiger partial charge in [0.1, 0.15) is 0 Å². The van der Waals surface area contributed by atoms with Gasteiger partial charge in [0.2, 0.25) is 0 Å². The molecule has 0 saturated carbocycles. The second-order valence-electron chi connectivity index (χ2n) is 7.05. The maximum atomic E-state index is 11.7. The van der Waals surface area contributed by atoms with Crippen LogP contribution in [0.5, 0.6) is 0 Å². The smallest absolute Gasteiger partial charge is 0.337 e. The van der Waals surface area contributed by atoms with Gasteiger partial charge in [0.25, 0.3) is 5.69 Å². The summed E-state index contributed by atoms with van der Waals surface area (Å²) in [5.74, 6) is -0.480. The summed E-state index contributed by atoms with van der Waals surface area (Å²) in [5, 5.41) is 24.5. The molecule has 0 fully saturated rings. The zero-order chi connectivity index (χ0) is 17.6. The summed E-state index contributed by atoms with van der Waals surface area (Å²) < 4.78 is 0. The first-order chi connectivity index (χ1) is 12.1. The number of benzene rings is 1. The molecule has 0 bridgehead atoms. The maximum absolute atomic E-state index is 11.7. The van der Waals surface area contributed by atoms with E-state index in [-0.39, 0.29) is 29.1 Å². The van der Waals surface area contributed by atoms with Crippen molar-refractivity contribution in [2.24, 2.45) is 11.8 Å². The fourth-order valence-electron chi connectivity index (χ4n) is 4.68. The van der Waals surface area contributed by atoms with Crippen molar-refractivity contribution < 1.29 is 14.8 Å². The monoisotopic (exact) mass is 340 g/mol. The Hall–Kier alpha value is -2.63. The van der Waals surface area contributed by atoms with Crippen LogP contribution in [0, 0.1) is 22.0 Å². The summed E-state index contributed by atoms with van der Waals surface area (Å²) in [6, 6.07) is 2.82. The summed E-state index contributed by atoms with van der Waals surface area (Å²) in [4.78, 5) is 22.8. The SMILES string of the molecule is O=C(O)c1ccc([N+](=O)[O-])c2c1N[C@H]([C@H]1CC=CCC1)[C@H]1CC=C[C@@H]21. The predicted octanol–water partition coefficient (Wildman–Crippen LogP) is 4.10. The zero-order valence-corrected chi connectivity index (χ0v) is 13.7. The first kappa shape index (κ1) is 15.9. The topological polar surface area (TPSA) is 92.5 Å². The van der Waals surface area contributed by atoms with Gasteiger partial charge in [0, 0.05) is 18.0 Å². The molecule has 4 rings (SSSR count). The van der Waals surface area contributed by atoms with Crippen LogP contribution in [0.4, 0.5) is 11.4 Å². The Labute approximate surface area is 145 Å². The number of allylic oxidation sites excluding steroid dienone is 4. The Morgan fingerprint density at radius 3 is 2.76 bits per heavy atom. The van der Waals surface area contributed by atoms with E-state index in [0.29, 0.717) is 17.2 Å². The van der Waals surface area contributed by atoms with Crippen LogP contribution in [-0.4, -0.2) is 22.0 Å². The van der Waals surface area contributed by atoms with Crippen LogP contribution < -0.4 is 5.32 Å². The highest BCUT2D eigenvalue weighted by atomic mass is 16.6. The molecule has 0 aromatic heterocycles. The lowest BCUT2D eigenvalue weighted by molar-refractivity contribution is -0.385. The number of carboxylic acid groups (broad SMARTS) is 1. The number of nitro groups is 1. The van der Waals surface area contributed by atoms with Gasteiger partial charge in [0.15, 0.2) is 0 Å². The van der Waals surface area contributed by atoms with Crippen LogP contribution in [0.15, 0.2) is 36.4 Å². The van der Waals surface area contributed by atoms with Crippen molar-refractivity contribution in [3.05, 3.63) is 57.7 Å². The third kappa shape index (κ3) is 2.52. The minimum Gasteiger partial charge on any atom is -0.478 e. The van der Waals surface area contributed by atoms with Crippen LogP contribution in [0.25, 0.3) is 0 Å². The summed E-state index contributed by atoms with van der Waals surface area (Å²) in [6.07, 6.45) is 12.4. The lowest BCUT2D eigenvalue weighted by atomic mass is 9.71. The number of hydrogen-bond donors (Lipinski definition) is 2. The molecule has 2 N–H and O–H groups in total. The third-order valence-electron chi connectivity index (χ3n) is 5.79. The number of rotatable bonds is 3. The number of nitrogens with zero attached hydrogens (tertiary/aromatic N) is 1. The predicted molar refractivity (Wildman–Crippen MR) is 93.9 cm³/mol. The number of nitro benzene ring substituents is 1. The molecule has 2 aliphatic carbocycles. The van der Waals surface area contributed by atoms with Gasteiger partial charge >= 0.3 is 5.97 Å². The van der Waals surface area contributed by atoms with E-state index >= 15 is 0 Å². The zero-order valence-electron chi connectivity index (χ0n) is 13.7. The lowest BCUT2D eigenvalue weighted by Crippen LogP contribution is -2.42. The molecule has 1 aromatic carbocycles. The average Bonchev–Trinajstić information content (AvgIpc) is 3.10. The Kier molecular flexibility index (Phi) is 3.82. The fraction of sp³-hybridized carbons (Fsp3) is 0.421. The molecular weight excluding hydrogens is 320 g/mol. The van der Waals surface area contributed by atoms with E-state index < -0.39 is 10.9 Å². The van der Waals surface area contributed by atoms with Gasteiger partial charge in [-0.25, -0.2) is 4.79 Å². The van der Waals surface area contributed by atoms with E-state index in [1.54, 1.807) is 0 Å². The number of anilines is 1. The average molecular weight is 340 g/mol. The number of carboxylic acids is 1. The molecule has 6 nitrogen and oxygen atoms in total. The first-order valence-corrected chi connectivity index (χ1v) is 8.70. The summed E-state index contributed by atoms with van der Waals surface area (Å²) in [5.41, 5.74) is 1.10. The summed E-state index contributed by atoms with van der Waals surface area (Å²) in [6.45, 7) is 0. The molecule has 25 heavy (non-hydrogen) atoms. The number of hydrogen-bond acceptors (Lipinski definition) is 4. The van der Waals surface area contributed by atoms with E-state index in [0.717, 1.165) is 25.7 Å². The van der Waals surface area contributed by atoms with Crippen molar-refractivity contribution in [1.82, 2.24) is 0 Å². The molecular formula is C19H20N2O4. The highest BCUT2D eigenvalue weighted by Crippen LogP contribution is 2.51. The Balaban J connectivity index is 1.85. The molecule has 0 saturated heterocycles. The number of fused-ring (bicyclic) bond motifs is 3. The standard InChI is InChI=1S/C19H20N2O4/c22-19(23)14-9-10-15(21(24)25)16-12-7-4-8-13(12)17(20-18(14)16)11-5-2-1-3-6-11/h1-2,4,7,9-13,17,20H,3,5-6,8H2,(H,22,23)/t11-,12+,13-,17+/m0/s1. The molecule has 3 aliphatic rings. The molecule has 130 valence electrons. The highest BCUT2D eigenvalue weighted by molar-refractivity contribution is 5.97. The number of nitrogens with one attached hydrogen (secondary N) is 1. The van der Waals surface area contributed by atoms with Gasteiger partial charge in [-0.1, -0.05) is 24.3 Å². The van der Waals surface area contributed by atoms with Crippen molar-refractivity contribution in [2.45, 2.75) is 37.6 Å². The molecule has 1 aromatic rings. The molecule has 4 atom stereocenters. The number of carbonyl (C=O) groups is 1. The highest BCUT2D eigenvalue weighted by Gasteiger charge is 2.44. The van der Waals surface area contributed by atoms with Gasteiger partial charge in [-0.3, -0.25) is 10.1 Å². The van der Waals surface area contributed by atoms with Crippen LogP contribution >= 0.6 is 0 Å². The molecule has 1 heterocycles. The molecule has 0 unspecified atom stereocenters. The second kappa shape index (κ2) is 6.02. The number of aromatic carboxylic acids is 1. The Bertz CT molecular complexity index is 799. The normalized spacial score (nSPS) is 29.6. The van der Waals surface area contributed by atoms with E-state index in [1.165, 1.54) is 12.1 Å². The van der Waals surface area contributed by atoms with Crippen molar-refractivity contribution >= 4 is 17.3 Å². The fourth-order valence-corrected chi connectivity index (χ4v) is 4.68. The minimum absolute atomic E-state index is 0.0102. The summed E-state index contributed by atoms with van der Waals surface area (Å²) in [7, 11) is 0. The third-order valence-corrected chi connectivity index (χ3v) is 5.79. The van der Waals surface area contributed by atoms with Crippen molar-refractivity contribution in [3.63, 3.8) is 0 Å². The molecule has 0 radical (unpaired) electrons. The molecule has 1 aliphatic heterocycles. The van der Waals surface area contributed by atoms with Gasteiger partial charge in [-0.15, -0.1) is 0 Å². The van der Waals surface area contributed by atoms with Gasteiger partial charge < -0.3 is 10.4 Å². The minimum atomic E-state index is -1.05. The van der Waals surface area contributed by atoms with Gasteiger partial charge in [-0.2, -0.15) is 0 Å². The van der Waals surface area contributed by atoms with Crippen LogP contribution in [0.3, 0.4) is 0 Å². The van der Waals surface area contributed by atoms with E-state index in [2.05, 4.69) is 23.5 Å². The Morgan fingerprint density at radius 1 is 1.24 bits per heavy atom. The first-order valence-electron chi connectivity index (χ1n) is 8.70. The van der Waals surface area contributed by atoms with Crippen LogP contribution in [-0.2, 0) is 0 Å². The largest absolute Gasteiger partial charge is 0.478 e. The van der Waals surface area contributed by atoms with E-state index in [4.69, 9.17) is 0 Å². The van der Waals surface area contributed by atoms with Crippen molar-refractivity contribution in [2.75, 3.05) is 5.32 Å². The molecule has 0 amide bonds. The van der Waals surface area contributed by atoms with Crippen LogP contribution in [0.1, 0.15) is 47.5 Å². The second-order valence-corrected chi connectivity index (χ2v) is 7.05. The maximum Gasteiger partial charge on any atom is 0.337 e. The Morgan fingerprint density at radius 2 is 2.08 bits per heavy atom. The molecule has 0 spiro atoms. The lowest BCUT2D eigenvalue weighted by Gasteiger charge is -2.42. The van der Waals surface area contributed by atoms with E-state index in [9.17, 15) is 20.0 Å². The quantitative estimate of drug-likeness (QED) is 0.491. The van der Waals surface area contributed by atoms with Gasteiger partial charge in [-0.05, 0) is 43.6 Å². The van der Waals surface area contributed by atoms with E-state index in [1.807, 2.05) is 6.08 Å². The molecule has 6 heteroatoms. The van der Waals surface area contributed by atoms with Crippen LogP contribution in [0.2, 0.25) is 0 Å². The van der Waals surface area contributed by atoms with Gasteiger partial charge in [0.05, 0.1) is 21.7 Å². The van der Waals surface area contributed by atoms with Crippen molar-refractivity contribution in [3.8, 4) is 0 Å². The van der Waals surface area contributed by atoms with Crippen molar-refractivity contribution in [1.29, 1.82) is 0 Å². The summed E-state index contributed by atoms with van der Waals surface area (Å²) >= 11 is 0.